The largest absolute Gasteiger partial charge is 0.294 e. The highest BCUT2D eigenvalue weighted by Gasteiger charge is 2.66. The fraction of sp³-hybridized carbons (Fsp3) is 1.00. The van der Waals surface area contributed by atoms with Crippen molar-refractivity contribution in [3.05, 3.63) is 0 Å². The van der Waals surface area contributed by atoms with Gasteiger partial charge in [0.2, 0.25) is 0 Å². The van der Waals surface area contributed by atoms with Crippen LogP contribution in [-0.2, 0) is 0 Å². The summed E-state index contributed by atoms with van der Waals surface area (Å²) in [4.78, 5) is 7.14. The molecule has 0 saturated heterocycles. The first-order chi connectivity index (χ1) is 39.6. The first kappa shape index (κ1) is 59.2. The number of nitrogens with zero attached hydrogens (tertiary/aromatic N) is 2. The van der Waals surface area contributed by atoms with Crippen LogP contribution in [0.15, 0.2) is 0 Å². The van der Waals surface area contributed by atoms with Gasteiger partial charge < -0.3 is 0 Å². The Labute approximate surface area is 514 Å². The Bertz CT molecular complexity index is 2020. The van der Waals surface area contributed by atoms with Crippen LogP contribution in [0.4, 0.5) is 0 Å². The summed E-state index contributed by atoms with van der Waals surface area (Å²) in [5.41, 5.74) is 2.60. The zero-order valence-electron chi connectivity index (χ0n) is 57.3. The molecule has 83 heavy (non-hydrogen) atoms. The second-order valence-corrected chi connectivity index (χ2v) is 39.3. The quantitative estimate of drug-likeness (QED) is 0.239. The minimum absolute atomic E-state index is 0.516. The van der Waals surface area contributed by atoms with Crippen molar-refractivity contribution >= 4 is 0 Å². The first-order valence-corrected chi connectivity index (χ1v) is 39.2. The Morgan fingerprint density at radius 2 is 0.398 bits per heavy atom. The van der Waals surface area contributed by atoms with E-state index in [1.54, 1.807) is 116 Å². The molecule has 0 aromatic heterocycles. The lowest BCUT2D eigenvalue weighted by atomic mass is 9.60. The van der Waals surface area contributed by atoms with Gasteiger partial charge in [-0.15, -0.1) is 0 Å². The zero-order valence-corrected chi connectivity index (χ0v) is 57.3. The molecule has 0 N–H and O–H groups in total. The Balaban J connectivity index is 0.732. The summed E-state index contributed by atoms with van der Waals surface area (Å²) in [6, 6.07) is 5.00. The van der Waals surface area contributed by atoms with Crippen LogP contribution >= 0.6 is 0 Å². The van der Waals surface area contributed by atoms with E-state index in [0.717, 1.165) is 178 Å². The van der Waals surface area contributed by atoms with Gasteiger partial charge in [0.05, 0.1) is 0 Å². The molecule has 15 fully saturated rings. The van der Waals surface area contributed by atoms with Crippen molar-refractivity contribution in [2.75, 3.05) is 0 Å². The number of fused-ring (bicyclic) bond motifs is 15. The fourth-order valence-electron chi connectivity index (χ4n) is 32.0. The molecule has 0 radical (unpaired) electrons. The maximum Gasteiger partial charge on any atom is 0.0104 e. The van der Waals surface area contributed by atoms with Crippen molar-refractivity contribution in [1.29, 1.82) is 0 Å². The standard InChI is InChI=1S/C81H136N2/c1-15-81(16-2)75-45-55(82(51-21-31-61-57-27-17-47(3)37-67(57)77(7,8)71(61)41-51)52-22-32-62-58-28-18-48(4)38-68(58)78(9,10)72(62)42-52)25-35-65(75)66-36-26-56(46-76(66)81)83(53-23-33-63-59-29-19-49(5)39-69(59)79(11,12)73(63)43-53)54-24-34-64-60-30-20-50(6)40-70(60)80(13,14)74(64)44-54/h47-76H,15-46H2,1-14H3. The predicted molar refractivity (Wildman–Crippen MR) is 350 cm³/mol. The van der Waals surface area contributed by atoms with Crippen LogP contribution < -0.4 is 0 Å². The molecular weight excluding hydrogens is 1000 g/mol. The average molecular weight is 1140 g/mol. The van der Waals surface area contributed by atoms with Crippen LogP contribution in [0.2, 0.25) is 0 Å². The van der Waals surface area contributed by atoms with Gasteiger partial charge in [-0.3, -0.25) is 9.80 Å². The molecule has 0 spiro atoms. The van der Waals surface area contributed by atoms with Gasteiger partial charge in [0.1, 0.15) is 0 Å². The minimum Gasteiger partial charge on any atom is -0.294 e. The van der Waals surface area contributed by atoms with Crippen LogP contribution in [0.3, 0.4) is 0 Å². The van der Waals surface area contributed by atoms with E-state index in [1.165, 1.54) is 89.9 Å². The van der Waals surface area contributed by atoms with Crippen molar-refractivity contribution in [3.8, 4) is 0 Å². The van der Waals surface area contributed by atoms with Crippen molar-refractivity contribution in [3.63, 3.8) is 0 Å². The van der Waals surface area contributed by atoms with Crippen LogP contribution in [0.1, 0.15) is 302 Å². The van der Waals surface area contributed by atoms with Crippen LogP contribution in [0.5, 0.6) is 0 Å². The van der Waals surface area contributed by atoms with E-state index in [-0.39, 0.29) is 0 Å². The molecule has 15 saturated carbocycles. The summed E-state index contributed by atoms with van der Waals surface area (Å²) in [5.74, 6) is 23.6. The third-order valence-corrected chi connectivity index (χ3v) is 35.6. The molecule has 2 nitrogen and oxygen atoms in total. The SMILES string of the molecule is CCC1(CC)C2CC(N(C3CCC4C5CCC(C)CC5C(C)(C)C4C3)C3CCC4C5CCC(C)CC5C(C)(C)C4C3)CCC2C2CCC(N(C3CCC4C5CCC(C)CC5C(C)(C)C4C3)C3CCC4C5CCC(C)CC5C(C)(C)C4C3)CC21. The lowest BCUT2D eigenvalue weighted by Gasteiger charge is -2.55. The molecule has 30 atom stereocenters. The van der Waals surface area contributed by atoms with Crippen LogP contribution in [0, 0.1) is 169 Å². The molecule has 15 rings (SSSR count). The van der Waals surface area contributed by atoms with Crippen LogP contribution in [0.25, 0.3) is 0 Å². The molecule has 2 heteroatoms. The van der Waals surface area contributed by atoms with Gasteiger partial charge in [0.25, 0.3) is 0 Å². The van der Waals surface area contributed by atoms with Gasteiger partial charge in [-0.25, -0.2) is 0 Å². The van der Waals surface area contributed by atoms with E-state index in [0.29, 0.717) is 27.1 Å². The Morgan fingerprint density at radius 3 is 0.602 bits per heavy atom. The van der Waals surface area contributed by atoms with Gasteiger partial charge in [-0.1, -0.05) is 123 Å². The highest BCUT2D eigenvalue weighted by Crippen LogP contribution is 2.72. The third-order valence-electron chi connectivity index (χ3n) is 35.6. The van der Waals surface area contributed by atoms with Crippen LogP contribution in [-0.4, -0.2) is 46.1 Å². The van der Waals surface area contributed by atoms with E-state index in [1.807, 2.05) is 0 Å². The van der Waals surface area contributed by atoms with Crippen molar-refractivity contribution in [1.82, 2.24) is 9.80 Å². The third kappa shape index (κ3) is 9.09. The second-order valence-electron chi connectivity index (χ2n) is 39.3. The van der Waals surface area contributed by atoms with E-state index in [4.69, 9.17) is 0 Å². The lowest BCUT2D eigenvalue weighted by molar-refractivity contribution is -0.0577. The van der Waals surface area contributed by atoms with E-state index < -0.39 is 0 Å². The molecule has 0 heterocycles. The molecule has 15 aliphatic carbocycles. The molecular formula is C81H136N2. The lowest BCUT2D eigenvalue weighted by Crippen LogP contribution is -2.57. The molecule has 470 valence electrons. The summed E-state index contributed by atoms with van der Waals surface area (Å²) < 4.78 is 0. The van der Waals surface area contributed by atoms with E-state index >= 15 is 0 Å². The number of hydrogen-bond donors (Lipinski definition) is 0. The minimum atomic E-state index is 0.516. The number of rotatable bonds is 8. The van der Waals surface area contributed by atoms with Crippen molar-refractivity contribution in [2.45, 2.75) is 339 Å². The summed E-state index contributed by atoms with van der Waals surface area (Å²) >= 11 is 0. The molecule has 0 aromatic carbocycles. The smallest absolute Gasteiger partial charge is 0.0104 e. The van der Waals surface area contributed by atoms with E-state index in [2.05, 4.69) is 107 Å². The van der Waals surface area contributed by atoms with E-state index in [9.17, 15) is 0 Å². The molecule has 0 aromatic rings. The highest BCUT2D eigenvalue weighted by atomic mass is 15.2. The second kappa shape index (κ2) is 21.5. The topological polar surface area (TPSA) is 6.48 Å². The summed E-state index contributed by atoms with van der Waals surface area (Å²) in [7, 11) is 0. The van der Waals surface area contributed by atoms with Gasteiger partial charge in [-0.05, 0) is 349 Å². The van der Waals surface area contributed by atoms with Gasteiger partial charge in [0, 0.05) is 36.3 Å². The number of hydrogen-bond acceptors (Lipinski definition) is 2. The molecule has 30 unspecified atom stereocenters. The first-order valence-electron chi connectivity index (χ1n) is 39.2. The Morgan fingerprint density at radius 1 is 0.229 bits per heavy atom. The average Bonchev–Trinajstić information content (AvgIpc) is 4.36. The van der Waals surface area contributed by atoms with Crippen molar-refractivity contribution in [2.24, 2.45) is 169 Å². The van der Waals surface area contributed by atoms with Gasteiger partial charge in [0.15, 0.2) is 0 Å². The summed E-state index contributed by atoms with van der Waals surface area (Å²) in [6.07, 6.45) is 49.3. The summed E-state index contributed by atoms with van der Waals surface area (Å²) in [5, 5.41) is 0. The Kier molecular flexibility index (Phi) is 15.4. The maximum absolute atomic E-state index is 3.57. The maximum atomic E-state index is 3.57. The zero-order chi connectivity index (χ0) is 57.6. The molecule has 0 amide bonds. The van der Waals surface area contributed by atoms with Gasteiger partial charge in [-0.2, -0.15) is 0 Å². The normalized spacial score (nSPS) is 54.9. The molecule has 0 bridgehead atoms. The monoisotopic (exact) mass is 1140 g/mol. The highest BCUT2D eigenvalue weighted by molar-refractivity contribution is 5.17. The molecule has 0 aliphatic heterocycles. The summed E-state index contributed by atoms with van der Waals surface area (Å²) in [6.45, 7) is 38.6. The predicted octanol–water partition coefficient (Wildman–Crippen LogP) is 21.5. The Hall–Kier alpha value is -0.0800. The fourth-order valence-corrected chi connectivity index (χ4v) is 32.0. The van der Waals surface area contributed by atoms with Crippen molar-refractivity contribution < 1.29 is 0 Å². The van der Waals surface area contributed by atoms with Gasteiger partial charge >= 0.3 is 0 Å². The molecule has 15 aliphatic rings.